The second-order valence-electron chi connectivity index (χ2n) is 6.81. The van der Waals surface area contributed by atoms with Gasteiger partial charge in [-0.2, -0.15) is 0 Å². The molecule has 0 unspecified atom stereocenters. The summed E-state index contributed by atoms with van der Waals surface area (Å²) >= 11 is 8.89. The minimum absolute atomic E-state index is 0.0208. The van der Waals surface area contributed by atoms with Crippen molar-refractivity contribution < 1.29 is 14.0 Å². The normalized spacial score (nSPS) is 10.6. The number of rotatable bonds is 7. The van der Waals surface area contributed by atoms with E-state index in [0.29, 0.717) is 21.5 Å². The van der Waals surface area contributed by atoms with Crippen molar-refractivity contribution in [3.8, 4) is 11.3 Å². The Labute approximate surface area is 203 Å². The SMILES string of the molecule is O=C(CSc1ccc(NC(=O)c2ccccc2F)cc1)Nc1nc(-c2ccccc2Cl)cs1. The molecule has 5 nitrogen and oxygen atoms in total. The van der Waals surface area contributed by atoms with Crippen molar-refractivity contribution in [2.75, 3.05) is 16.4 Å². The largest absolute Gasteiger partial charge is 0.322 e. The number of thioether (sulfide) groups is 1. The Bertz CT molecular complexity index is 1290. The standard InChI is InChI=1S/C24H17ClFN3O2S2/c25-19-7-3-1-5-17(19)21-13-33-24(28-21)29-22(30)14-32-16-11-9-15(10-12-16)27-23(31)18-6-2-4-8-20(18)26/h1-13H,14H2,(H,27,31)(H,28,29,30). The Morgan fingerprint density at radius 1 is 0.970 bits per heavy atom. The molecule has 1 aromatic heterocycles. The number of aromatic nitrogens is 1. The van der Waals surface area contributed by atoms with Gasteiger partial charge in [-0.15, -0.1) is 23.1 Å². The number of thiazole rings is 1. The van der Waals surface area contributed by atoms with E-state index in [2.05, 4.69) is 15.6 Å². The van der Waals surface area contributed by atoms with Crippen LogP contribution in [0.15, 0.2) is 83.1 Å². The topological polar surface area (TPSA) is 71.1 Å². The highest BCUT2D eigenvalue weighted by atomic mass is 35.5. The van der Waals surface area contributed by atoms with Gasteiger partial charge in [0, 0.05) is 26.5 Å². The number of nitrogens with one attached hydrogen (secondary N) is 2. The molecule has 4 aromatic rings. The number of anilines is 2. The third kappa shape index (κ3) is 5.98. The predicted octanol–water partition coefficient (Wildman–Crippen LogP) is 6.59. The molecule has 0 aliphatic rings. The second-order valence-corrected chi connectivity index (χ2v) is 9.13. The van der Waals surface area contributed by atoms with Gasteiger partial charge in [0.1, 0.15) is 5.82 Å². The van der Waals surface area contributed by atoms with Crippen molar-refractivity contribution >= 4 is 57.3 Å². The lowest BCUT2D eigenvalue weighted by Crippen LogP contribution is -2.14. The number of carbonyl (C=O) groups is 2. The monoisotopic (exact) mass is 497 g/mol. The number of nitrogens with zero attached hydrogens (tertiary/aromatic N) is 1. The maximum Gasteiger partial charge on any atom is 0.258 e. The molecule has 0 aliphatic heterocycles. The molecule has 2 amide bonds. The molecular weight excluding hydrogens is 481 g/mol. The summed E-state index contributed by atoms with van der Waals surface area (Å²) in [6.07, 6.45) is 0. The maximum atomic E-state index is 13.7. The van der Waals surface area contributed by atoms with E-state index in [1.165, 1.54) is 41.3 Å². The van der Waals surface area contributed by atoms with Gasteiger partial charge in [0.15, 0.2) is 5.13 Å². The molecule has 0 radical (unpaired) electrons. The zero-order valence-electron chi connectivity index (χ0n) is 17.0. The van der Waals surface area contributed by atoms with Crippen LogP contribution in [0, 0.1) is 5.82 Å². The summed E-state index contributed by atoms with van der Waals surface area (Å²) in [6.45, 7) is 0. The molecule has 0 aliphatic carbocycles. The summed E-state index contributed by atoms with van der Waals surface area (Å²) in [5.41, 5.74) is 2.04. The first-order valence-electron chi connectivity index (χ1n) is 9.78. The van der Waals surface area contributed by atoms with Crippen LogP contribution in [-0.4, -0.2) is 22.6 Å². The molecule has 9 heteroatoms. The summed E-state index contributed by atoms with van der Waals surface area (Å²) < 4.78 is 13.7. The van der Waals surface area contributed by atoms with Crippen LogP contribution in [0.1, 0.15) is 10.4 Å². The Balaban J connectivity index is 1.29. The zero-order chi connectivity index (χ0) is 23.2. The van der Waals surface area contributed by atoms with Gasteiger partial charge in [-0.3, -0.25) is 9.59 Å². The van der Waals surface area contributed by atoms with E-state index in [-0.39, 0.29) is 17.2 Å². The van der Waals surface area contributed by atoms with E-state index in [1.54, 1.807) is 36.4 Å². The highest BCUT2D eigenvalue weighted by molar-refractivity contribution is 8.00. The first-order chi connectivity index (χ1) is 16.0. The van der Waals surface area contributed by atoms with Gasteiger partial charge in [-0.25, -0.2) is 9.37 Å². The van der Waals surface area contributed by atoms with Gasteiger partial charge < -0.3 is 10.6 Å². The molecule has 4 rings (SSSR count). The quantitative estimate of drug-likeness (QED) is 0.283. The number of hydrogen-bond donors (Lipinski definition) is 2. The number of halogens is 2. The highest BCUT2D eigenvalue weighted by Gasteiger charge is 2.12. The zero-order valence-corrected chi connectivity index (χ0v) is 19.4. The van der Waals surface area contributed by atoms with E-state index in [1.807, 2.05) is 23.6 Å². The molecule has 0 atom stereocenters. The number of hydrogen-bond acceptors (Lipinski definition) is 5. The van der Waals surface area contributed by atoms with Gasteiger partial charge in [0.2, 0.25) is 5.91 Å². The van der Waals surface area contributed by atoms with E-state index >= 15 is 0 Å². The molecule has 0 fully saturated rings. The maximum absolute atomic E-state index is 13.7. The van der Waals surface area contributed by atoms with Crippen LogP contribution in [0.3, 0.4) is 0 Å². The van der Waals surface area contributed by atoms with Crippen LogP contribution in [0.2, 0.25) is 5.02 Å². The van der Waals surface area contributed by atoms with Gasteiger partial charge in [-0.1, -0.05) is 41.9 Å². The smallest absolute Gasteiger partial charge is 0.258 e. The van der Waals surface area contributed by atoms with Crippen molar-refractivity contribution in [2.45, 2.75) is 4.90 Å². The fourth-order valence-corrected chi connectivity index (χ4v) is 4.56. The summed E-state index contributed by atoms with van der Waals surface area (Å²) in [6, 6.07) is 20.2. The van der Waals surface area contributed by atoms with E-state index < -0.39 is 11.7 Å². The van der Waals surface area contributed by atoms with Crippen LogP contribution in [0.25, 0.3) is 11.3 Å². The van der Waals surface area contributed by atoms with Gasteiger partial charge >= 0.3 is 0 Å². The number of benzene rings is 3. The van der Waals surface area contributed by atoms with Crippen molar-refractivity contribution in [3.63, 3.8) is 0 Å². The molecule has 2 N–H and O–H groups in total. The molecule has 33 heavy (non-hydrogen) atoms. The summed E-state index contributed by atoms with van der Waals surface area (Å²) in [7, 11) is 0. The first-order valence-corrected chi connectivity index (χ1v) is 12.0. The molecule has 0 bridgehead atoms. The minimum atomic E-state index is -0.576. The lowest BCUT2D eigenvalue weighted by molar-refractivity contribution is -0.113. The average Bonchev–Trinajstić information content (AvgIpc) is 3.27. The lowest BCUT2D eigenvalue weighted by atomic mass is 10.2. The van der Waals surface area contributed by atoms with Crippen LogP contribution in [0.5, 0.6) is 0 Å². The molecule has 3 aromatic carbocycles. The van der Waals surface area contributed by atoms with Crippen LogP contribution >= 0.6 is 34.7 Å². The molecule has 0 spiro atoms. The molecule has 0 saturated heterocycles. The second kappa shape index (κ2) is 10.6. The van der Waals surface area contributed by atoms with Crippen molar-refractivity contribution in [1.29, 1.82) is 0 Å². The summed E-state index contributed by atoms with van der Waals surface area (Å²) in [4.78, 5) is 29.8. The predicted molar refractivity (Wildman–Crippen MR) is 133 cm³/mol. The molecule has 0 saturated carbocycles. The van der Waals surface area contributed by atoms with Gasteiger partial charge in [0.05, 0.1) is 17.0 Å². The molecule has 1 heterocycles. The van der Waals surface area contributed by atoms with Crippen molar-refractivity contribution in [2.24, 2.45) is 0 Å². The van der Waals surface area contributed by atoms with Crippen LogP contribution < -0.4 is 10.6 Å². The van der Waals surface area contributed by atoms with Gasteiger partial charge in [-0.05, 0) is 42.5 Å². The summed E-state index contributed by atoms with van der Waals surface area (Å²) in [5, 5.41) is 8.40. The summed E-state index contributed by atoms with van der Waals surface area (Å²) in [5.74, 6) is -1.08. The third-order valence-electron chi connectivity index (χ3n) is 4.50. The molecular formula is C24H17ClFN3O2S2. The third-order valence-corrected chi connectivity index (χ3v) is 6.60. The Morgan fingerprint density at radius 2 is 1.70 bits per heavy atom. The Kier molecular flexibility index (Phi) is 7.39. The highest BCUT2D eigenvalue weighted by Crippen LogP contribution is 2.30. The first kappa shape index (κ1) is 23.0. The van der Waals surface area contributed by atoms with Crippen LogP contribution in [-0.2, 0) is 4.79 Å². The minimum Gasteiger partial charge on any atom is -0.322 e. The Morgan fingerprint density at radius 3 is 2.45 bits per heavy atom. The fraction of sp³-hybridized carbons (Fsp3) is 0.0417. The van der Waals surface area contributed by atoms with Crippen molar-refractivity contribution in [1.82, 2.24) is 4.98 Å². The molecule has 166 valence electrons. The van der Waals surface area contributed by atoms with Gasteiger partial charge in [0.25, 0.3) is 5.91 Å². The van der Waals surface area contributed by atoms with Crippen LogP contribution in [0.4, 0.5) is 15.2 Å². The van der Waals surface area contributed by atoms with E-state index in [4.69, 9.17) is 11.6 Å². The average molecular weight is 498 g/mol. The number of amides is 2. The fourth-order valence-electron chi connectivity index (χ4n) is 2.91. The van der Waals surface area contributed by atoms with Crippen molar-refractivity contribution in [3.05, 3.63) is 94.6 Å². The van der Waals surface area contributed by atoms with E-state index in [0.717, 1.165) is 10.5 Å². The number of carbonyl (C=O) groups excluding carboxylic acids is 2. The van der Waals surface area contributed by atoms with E-state index in [9.17, 15) is 14.0 Å². The lowest BCUT2D eigenvalue weighted by Gasteiger charge is -2.07. The Hall–Kier alpha value is -3.20.